The molecule has 58 heavy (non-hydrogen) atoms. The lowest BCUT2D eigenvalue weighted by molar-refractivity contribution is -0.139. The van der Waals surface area contributed by atoms with Gasteiger partial charge in [0.2, 0.25) is 17.7 Å². The number of piperazine rings is 1. The minimum Gasteiger partial charge on any atom is -0.436 e. The summed E-state index contributed by atoms with van der Waals surface area (Å²) < 4.78 is 6.42. The van der Waals surface area contributed by atoms with E-state index in [-0.39, 0.29) is 23.9 Å². The average Bonchev–Trinajstić information content (AvgIpc) is 4.08. The number of para-hydroxylation sites is 1. The van der Waals surface area contributed by atoms with Gasteiger partial charge in [0, 0.05) is 51.3 Å². The van der Waals surface area contributed by atoms with E-state index in [0.717, 1.165) is 115 Å². The van der Waals surface area contributed by atoms with Crippen LogP contribution in [0.15, 0.2) is 101 Å². The number of hydrogen-bond acceptors (Lipinski definition) is 8. The number of allylic oxidation sites excluding steroid dienone is 3. The highest BCUT2D eigenvalue weighted by Crippen LogP contribution is 2.36. The minimum absolute atomic E-state index is 0.0898. The first kappa shape index (κ1) is 37.7. The fourth-order valence-electron chi connectivity index (χ4n) is 8.77. The maximum Gasteiger partial charge on any atom is 0.244 e. The first-order chi connectivity index (χ1) is 28.4. The molecule has 3 aliphatic rings. The molecule has 6 aromatic rings. The Hall–Kier alpha value is -5.85. The predicted octanol–water partition coefficient (Wildman–Crippen LogP) is 7.82. The highest BCUT2D eigenvalue weighted by molar-refractivity contribution is 5.90. The zero-order valence-corrected chi connectivity index (χ0v) is 33.4. The molecule has 3 aromatic heterocycles. The van der Waals surface area contributed by atoms with Gasteiger partial charge in [-0.3, -0.25) is 14.5 Å². The fraction of sp³-hybridized carbons (Fsp3) is 0.370. The first-order valence-electron chi connectivity index (χ1n) is 20.8. The molecule has 0 bridgehead atoms. The van der Waals surface area contributed by atoms with Gasteiger partial charge in [-0.15, -0.1) is 0 Å². The second kappa shape index (κ2) is 16.6. The normalized spacial score (nSPS) is 18.3. The maximum atomic E-state index is 14.4. The predicted molar refractivity (Wildman–Crippen MR) is 225 cm³/mol. The molecule has 0 radical (unpaired) electrons. The molecule has 12 nitrogen and oxygen atoms in total. The molecule has 1 aliphatic carbocycles. The Morgan fingerprint density at radius 3 is 2.64 bits per heavy atom. The summed E-state index contributed by atoms with van der Waals surface area (Å²) in [4.78, 5) is 58.1. The van der Waals surface area contributed by atoms with Gasteiger partial charge in [0.1, 0.15) is 23.2 Å². The molecule has 2 amide bonds. The van der Waals surface area contributed by atoms with E-state index >= 15 is 0 Å². The van der Waals surface area contributed by atoms with Crippen molar-refractivity contribution in [2.45, 2.75) is 64.1 Å². The topological polar surface area (TPSA) is 130 Å². The van der Waals surface area contributed by atoms with Gasteiger partial charge in [-0.2, -0.15) is 0 Å². The lowest BCUT2D eigenvalue weighted by Crippen LogP contribution is -2.50. The molecule has 3 aromatic carbocycles. The summed E-state index contributed by atoms with van der Waals surface area (Å²) >= 11 is 0. The van der Waals surface area contributed by atoms with Crippen molar-refractivity contribution < 1.29 is 14.0 Å². The third kappa shape index (κ3) is 7.73. The SMILES string of the molecule is CCCN(Cc1nc2ccc(-c3cnc(-c4cccc5[nH]c(C6CCCN6C(=O)CC6=CC=CCC6)nc45)o3)cc2[nH]1)C(=O)C(c1ccccc1)N1CCN(C)CC1. The number of hydrogen-bond donors (Lipinski definition) is 2. The Morgan fingerprint density at radius 2 is 1.83 bits per heavy atom. The number of likely N-dealkylation sites (tertiary alicyclic amines) is 1. The number of likely N-dealkylation sites (N-methyl/N-ethyl adjacent to an activating group) is 1. The summed E-state index contributed by atoms with van der Waals surface area (Å²) in [7, 11) is 2.13. The number of aromatic amines is 2. The second-order valence-electron chi connectivity index (χ2n) is 15.9. The van der Waals surface area contributed by atoms with Gasteiger partial charge in [0.05, 0.1) is 40.9 Å². The van der Waals surface area contributed by atoms with E-state index in [9.17, 15) is 9.59 Å². The standard InChI is InChI=1S/C46H51N9O3/c1-3-21-54(46(57)43(32-14-8-5-9-15-32)53-25-23-52(2)24-26-53)30-40-48-35-20-19-33(28-37(35)49-40)39-29-47-45(58-39)34-16-10-17-36-42(34)51-44(50-36)38-18-11-22-55(38)41(56)27-31-12-6-4-7-13-31/h4-6,8-10,12,14-17,19-20,28-29,38,43H,3,7,11,13,18,21-27,30H2,1-2H3,(H,48,49)(H,50,51). The molecule has 12 heteroatoms. The average molecular weight is 778 g/mol. The number of aromatic nitrogens is 5. The Kier molecular flexibility index (Phi) is 10.8. The molecule has 0 saturated carbocycles. The molecular weight excluding hydrogens is 727 g/mol. The number of nitrogens with one attached hydrogen (secondary N) is 2. The molecule has 2 saturated heterocycles. The van der Waals surface area contributed by atoms with Crippen LogP contribution in [0.5, 0.6) is 0 Å². The van der Waals surface area contributed by atoms with E-state index in [1.807, 2.05) is 64.4 Å². The van der Waals surface area contributed by atoms with Gasteiger partial charge in [-0.25, -0.2) is 15.0 Å². The van der Waals surface area contributed by atoms with Crippen molar-refractivity contribution in [1.29, 1.82) is 0 Å². The zero-order chi connectivity index (χ0) is 39.6. The number of benzene rings is 3. The molecular formula is C46H51N9O3. The quantitative estimate of drug-likeness (QED) is 0.129. The van der Waals surface area contributed by atoms with Gasteiger partial charge in [-0.05, 0) is 75.0 Å². The molecule has 5 heterocycles. The van der Waals surface area contributed by atoms with Crippen molar-refractivity contribution in [2.75, 3.05) is 46.3 Å². The van der Waals surface area contributed by atoms with Crippen LogP contribution in [-0.4, -0.2) is 103 Å². The molecule has 2 atom stereocenters. The number of oxazole rings is 1. The largest absolute Gasteiger partial charge is 0.436 e. The molecule has 2 N–H and O–H groups in total. The number of fused-ring (bicyclic) bond motifs is 2. The Labute approximate surface area is 338 Å². The molecule has 2 unspecified atom stereocenters. The lowest BCUT2D eigenvalue weighted by atomic mass is 10.0. The summed E-state index contributed by atoms with van der Waals surface area (Å²) in [6.07, 6.45) is 13.1. The summed E-state index contributed by atoms with van der Waals surface area (Å²) in [5, 5.41) is 0. The number of nitrogens with zero attached hydrogens (tertiary/aromatic N) is 7. The van der Waals surface area contributed by atoms with Crippen LogP contribution in [0, 0.1) is 0 Å². The minimum atomic E-state index is -0.342. The highest BCUT2D eigenvalue weighted by Gasteiger charge is 2.34. The van der Waals surface area contributed by atoms with E-state index in [4.69, 9.17) is 19.4 Å². The Bertz CT molecular complexity index is 2470. The number of amides is 2. The van der Waals surface area contributed by atoms with Crippen LogP contribution in [0.3, 0.4) is 0 Å². The molecule has 9 rings (SSSR count). The number of H-pyrrole nitrogens is 2. The van der Waals surface area contributed by atoms with Crippen molar-refractivity contribution in [2.24, 2.45) is 0 Å². The van der Waals surface area contributed by atoms with Crippen LogP contribution in [0.25, 0.3) is 44.8 Å². The molecule has 298 valence electrons. The van der Waals surface area contributed by atoms with E-state index < -0.39 is 0 Å². The van der Waals surface area contributed by atoms with E-state index in [2.05, 4.69) is 64.1 Å². The smallest absolute Gasteiger partial charge is 0.244 e. The van der Waals surface area contributed by atoms with Crippen LogP contribution in [0.4, 0.5) is 0 Å². The van der Waals surface area contributed by atoms with Crippen LogP contribution >= 0.6 is 0 Å². The third-order valence-electron chi connectivity index (χ3n) is 11.8. The summed E-state index contributed by atoms with van der Waals surface area (Å²) in [6, 6.07) is 21.7. The number of rotatable bonds is 12. The Balaban J connectivity index is 0.932. The van der Waals surface area contributed by atoms with Crippen molar-refractivity contribution in [3.8, 4) is 22.8 Å². The van der Waals surface area contributed by atoms with E-state index in [1.165, 1.54) is 5.57 Å². The van der Waals surface area contributed by atoms with Gasteiger partial charge in [-0.1, -0.05) is 67.1 Å². The zero-order valence-electron chi connectivity index (χ0n) is 33.4. The van der Waals surface area contributed by atoms with Crippen molar-refractivity contribution in [3.63, 3.8) is 0 Å². The summed E-state index contributed by atoms with van der Waals surface area (Å²) in [5.41, 5.74) is 7.20. The highest BCUT2D eigenvalue weighted by atomic mass is 16.4. The first-order valence-corrected chi connectivity index (χ1v) is 20.8. The fourth-order valence-corrected chi connectivity index (χ4v) is 8.77. The lowest BCUT2D eigenvalue weighted by Gasteiger charge is -2.39. The van der Waals surface area contributed by atoms with Gasteiger partial charge in [0.15, 0.2) is 5.76 Å². The van der Waals surface area contributed by atoms with Gasteiger partial charge in [0.25, 0.3) is 0 Å². The van der Waals surface area contributed by atoms with Crippen LogP contribution in [0.2, 0.25) is 0 Å². The van der Waals surface area contributed by atoms with Crippen molar-refractivity contribution in [3.05, 3.63) is 114 Å². The van der Waals surface area contributed by atoms with Crippen LogP contribution in [-0.2, 0) is 16.1 Å². The monoisotopic (exact) mass is 777 g/mol. The molecule has 0 spiro atoms. The molecule has 2 aliphatic heterocycles. The van der Waals surface area contributed by atoms with Crippen LogP contribution < -0.4 is 0 Å². The Morgan fingerprint density at radius 1 is 0.966 bits per heavy atom. The van der Waals surface area contributed by atoms with E-state index in [0.29, 0.717) is 31.2 Å². The van der Waals surface area contributed by atoms with Gasteiger partial charge < -0.3 is 29.1 Å². The third-order valence-corrected chi connectivity index (χ3v) is 11.8. The van der Waals surface area contributed by atoms with Crippen molar-refractivity contribution >= 4 is 33.9 Å². The van der Waals surface area contributed by atoms with Crippen molar-refractivity contribution in [1.82, 2.24) is 44.5 Å². The number of carbonyl (C=O) groups is 2. The van der Waals surface area contributed by atoms with E-state index in [1.54, 1.807) is 6.20 Å². The number of imidazole rings is 2. The summed E-state index contributed by atoms with van der Waals surface area (Å²) in [6.45, 7) is 7.42. The molecule has 2 fully saturated rings. The second-order valence-corrected chi connectivity index (χ2v) is 15.9. The maximum absolute atomic E-state index is 14.4. The van der Waals surface area contributed by atoms with Gasteiger partial charge >= 0.3 is 0 Å². The summed E-state index contributed by atoms with van der Waals surface area (Å²) in [5.74, 6) is 2.90. The van der Waals surface area contributed by atoms with Crippen LogP contribution in [0.1, 0.15) is 74.7 Å². The number of carbonyl (C=O) groups excluding carboxylic acids is 2.